The highest BCUT2D eigenvalue weighted by molar-refractivity contribution is 5.77. The summed E-state index contributed by atoms with van der Waals surface area (Å²) < 4.78 is 22.7. The number of pyridine rings is 2. The molecule has 7 nitrogen and oxygen atoms in total. The van der Waals surface area contributed by atoms with Gasteiger partial charge >= 0.3 is 0 Å². The Kier molecular flexibility index (Phi) is 11.9. The van der Waals surface area contributed by atoms with Crippen LogP contribution >= 0.6 is 0 Å². The Bertz CT molecular complexity index is 1600. The molecule has 0 saturated carbocycles. The molecule has 3 aromatic carbocycles. The third-order valence-corrected chi connectivity index (χ3v) is 7.92. The molecule has 0 bridgehead atoms. The van der Waals surface area contributed by atoms with Crippen LogP contribution in [0.2, 0.25) is 0 Å². The van der Waals surface area contributed by atoms with Crippen LogP contribution in [-0.4, -0.2) is 75.9 Å². The largest absolute Gasteiger partial charge is 0.377 e. The van der Waals surface area contributed by atoms with Gasteiger partial charge in [0.1, 0.15) is 0 Å². The number of benzene rings is 3. The van der Waals surface area contributed by atoms with Crippen LogP contribution in [0, 0.1) is 0 Å². The van der Waals surface area contributed by atoms with Crippen molar-refractivity contribution in [1.82, 2.24) is 9.97 Å². The molecule has 2 aromatic heterocycles. The van der Waals surface area contributed by atoms with Crippen molar-refractivity contribution in [3.63, 3.8) is 0 Å². The fourth-order valence-electron chi connectivity index (χ4n) is 5.36. The van der Waals surface area contributed by atoms with E-state index in [-0.39, 0.29) is 0 Å². The van der Waals surface area contributed by atoms with Gasteiger partial charge in [0, 0.05) is 30.5 Å². The molecule has 240 valence electrons. The van der Waals surface area contributed by atoms with Crippen LogP contribution in [-0.2, 0) is 18.9 Å². The highest BCUT2D eigenvalue weighted by Crippen LogP contribution is 2.30. The summed E-state index contributed by atoms with van der Waals surface area (Å²) in [5, 5.41) is 0. The van der Waals surface area contributed by atoms with Gasteiger partial charge in [-0.3, -0.25) is 4.98 Å². The van der Waals surface area contributed by atoms with Crippen LogP contribution in [0.15, 0.2) is 115 Å². The first kappa shape index (κ1) is 32.3. The van der Waals surface area contributed by atoms with Gasteiger partial charge in [-0.1, -0.05) is 84.9 Å². The van der Waals surface area contributed by atoms with E-state index in [1.54, 1.807) is 6.20 Å². The molecule has 6 rings (SSSR count). The van der Waals surface area contributed by atoms with Gasteiger partial charge in [0.15, 0.2) is 0 Å². The van der Waals surface area contributed by atoms with E-state index in [1.165, 1.54) is 0 Å². The van der Waals surface area contributed by atoms with Crippen molar-refractivity contribution in [3.8, 4) is 33.8 Å². The van der Waals surface area contributed by atoms with Crippen molar-refractivity contribution in [1.29, 1.82) is 0 Å². The van der Waals surface area contributed by atoms with Gasteiger partial charge in [-0.25, -0.2) is 4.98 Å². The highest BCUT2D eigenvalue weighted by Gasteiger charge is 2.10. The normalized spacial score (nSPS) is 15.6. The van der Waals surface area contributed by atoms with E-state index < -0.39 is 0 Å². The lowest BCUT2D eigenvalue weighted by atomic mass is 10.00. The third-order valence-electron chi connectivity index (χ3n) is 7.92. The van der Waals surface area contributed by atoms with E-state index in [4.69, 9.17) is 23.9 Å². The van der Waals surface area contributed by atoms with Gasteiger partial charge in [-0.2, -0.15) is 0 Å². The van der Waals surface area contributed by atoms with Crippen LogP contribution < -0.4 is 4.90 Å². The van der Waals surface area contributed by atoms with Gasteiger partial charge in [0.2, 0.25) is 0 Å². The summed E-state index contributed by atoms with van der Waals surface area (Å²) >= 11 is 0. The molecule has 47 heavy (non-hydrogen) atoms. The summed E-state index contributed by atoms with van der Waals surface area (Å²) in [6.07, 6.45) is 6.10. The Morgan fingerprint density at radius 2 is 1.02 bits per heavy atom. The zero-order chi connectivity index (χ0) is 31.9. The molecule has 3 heterocycles. The molecule has 5 aromatic rings. The number of hydrogen-bond donors (Lipinski definition) is 0. The molecule has 0 aliphatic carbocycles. The minimum atomic E-state index is 0.579. The minimum absolute atomic E-state index is 0.579. The maximum absolute atomic E-state index is 5.80. The summed E-state index contributed by atoms with van der Waals surface area (Å²) in [6.45, 7) is 6.32. The van der Waals surface area contributed by atoms with Crippen LogP contribution in [0.25, 0.3) is 45.9 Å². The van der Waals surface area contributed by atoms with Crippen molar-refractivity contribution in [2.75, 3.05) is 70.8 Å². The third kappa shape index (κ3) is 9.67. The number of nitrogens with zero attached hydrogens (tertiary/aromatic N) is 3. The predicted molar refractivity (Wildman–Crippen MR) is 189 cm³/mol. The summed E-state index contributed by atoms with van der Waals surface area (Å²) in [5.41, 5.74) is 9.36. The molecule has 7 heteroatoms. The highest BCUT2D eigenvalue weighted by atomic mass is 16.6. The minimum Gasteiger partial charge on any atom is -0.377 e. The second-order valence-corrected chi connectivity index (χ2v) is 11.2. The lowest BCUT2D eigenvalue weighted by Gasteiger charge is -2.25. The smallest absolute Gasteiger partial charge is 0.0899 e. The number of anilines is 1. The molecule has 0 atom stereocenters. The summed E-state index contributed by atoms with van der Waals surface area (Å²) in [5.74, 6) is 0. The van der Waals surface area contributed by atoms with Gasteiger partial charge < -0.3 is 23.8 Å². The van der Waals surface area contributed by atoms with Crippen LogP contribution in [0.1, 0.15) is 11.1 Å². The topological polar surface area (TPSA) is 65.9 Å². The van der Waals surface area contributed by atoms with Gasteiger partial charge in [0.05, 0.1) is 69.9 Å². The molecule has 0 radical (unpaired) electrons. The SMILES string of the molecule is C(=C\c1ccc(N2CCOCCOCCOCCOCC2)cc1)/c1ccc(-c2cc(-c3ccccc3)nc(-c3ccccn3)c2)cc1. The second-order valence-electron chi connectivity index (χ2n) is 11.2. The molecule has 0 unspecified atom stereocenters. The predicted octanol–water partition coefficient (Wildman–Crippen LogP) is 7.53. The maximum Gasteiger partial charge on any atom is 0.0899 e. The lowest BCUT2D eigenvalue weighted by Crippen LogP contribution is -2.31. The van der Waals surface area contributed by atoms with Crippen molar-refractivity contribution in [2.24, 2.45) is 0 Å². The Hall–Kier alpha value is -4.66. The average molecular weight is 628 g/mol. The van der Waals surface area contributed by atoms with E-state index in [2.05, 4.69) is 94.8 Å². The van der Waals surface area contributed by atoms with E-state index >= 15 is 0 Å². The molecule has 1 aliphatic heterocycles. The first-order chi connectivity index (χ1) is 23.3. The lowest BCUT2D eigenvalue weighted by molar-refractivity contribution is 0.00206. The summed E-state index contributed by atoms with van der Waals surface area (Å²) in [4.78, 5) is 11.8. The molecular formula is C40H41N3O4. The van der Waals surface area contributed by atoms with Gasteiger partial charge in [0.25, 0.3) is 0 Å². The van der Waals surface area contributed by atoms with E-state index in [1.807, 2.05) is 36.4 Å². The first-order valence-electron chi connectivity index (χ1n) is 16.3. The van der Waals surface area contributed by atoms with Crippen molar-refractivity contribution in [3.05, 3.63) is 127 Å². The molecule has 1 saturated heterocycles. The molecule has 0 spiro atoms. The molecule has 0 N–H and O–H groups in total. The van der Waals surface area contributed by atoms with Crippen molar-refractivity contribution < 1.29 is 18.9 Å². The first-order valence-corrected chi connectivity index (χ1v) is 16.3. The van der Waals surface area contributed by atoms with Crippen molar-refractivity contribution in [2.45, 2.75) is 0 Å². The van der Waals surface area contributed by atoms with E-state index in [0.29, 0.717) is 52.9 Å². The van der Waals surface area contributed by atoms with Crippen molar-refractivity contribution >= 4 is 17.8 Å². The molecule has 1 fully saturated rings. The van der Waals surface area contributed by atoms with Crippen LogP contribution in [0.4, 0.5) is 5.69 Å². The molecule has 1 aliphatic rings. The Morgan fingerprint density at radius 1 is 0.468 bits per heavy atom. The number of hydrogen-bond acceptors (Lipinski definition) is 7. The van der Waals surface area contributed by atoms with E-state index in [9.17, 15) is 0 Å². The van der Waals surface area contributed by atoms with E-state index in [0.717, 1.165) is 63.7 Å². The Morgan fingerprint density at radius 3 is 1.62 bits per heavy atom. The van der Waals surface area contributed by atoms with Crippen LogP contribution in [0.3, 0.4) is 0 Å². The summed E-state index contributed by atoms with van der Waals surface area (Å²) in [7, 11) is 0. The zero-order valence-corrected chi connectivity index (χ0v) is 26.7. The number of rotatable bonds is 6. The Balaban J connectivity index is 1.13. The van der Waals surface area contributed by atoms with Gasteiger partial charge in [-0.05, 0) is 58.7 Å². The Labute approximate surface area is 277 Å². The monoisotopic (exact) mass is 627 g/mol. The fraction of sp³-hybridized carbons (Fsp3) is 0.250. The average Bonchev–Trinajstić information content (AvgIpc) is 3.15. The number of aromatic nitrogens is 2. The second kappa shape index (κ2) is 17.3. The fourth-order valence-corrected chi connectivity index (χ4v) is 5.36. The van der Waals surface area contributed by atoms with Gasteiger partial charge in [-0.15, -0.1) is 0 Å². The maximum atomic E-state index is 5.80. The summed E-state index contributed by atoms with van der Waals surface area (Å²) in [6, 6.07) is 37.7. The zero-order valence-electron chi connectivity index (χ0n) is 26.7. The number of ether oxygens (including phenoxy) is 4. The quantitative estimate of drug-likeness (QED) is 0.180. The molecule has 0 amide bonds. The van der Waals surface area contributed by atoms with Crippen LogP contribution in [0.5, 0.6) is 0 Å². The standard InChI is InChI=1S/C40H41N3O4/c1-2-6-35(7-3-1)39-30-36(31-40(42-39)38-8-4-5-19-41-38)34-15-11-32(12-16-34)9-10-33-13-17-37(18-14-33)43-20-22-44-24-26-46-28-29-47-27-25-45-23-21-43/h1-19,30-31H,20-29H2/b10-9+. The molecular weight excluding hydrogens is 586 g/mol.